The van der Waals surface area contributed by atoms with Crippen LogP contribution < -0.4 is 11.1 Å². The zero-order valence-electron chi connectivity index (χ0n) is 13.9. The fourth-order valence-corrected chi connectivity index (χ4v) is 3.18. The Kier molecular flexibility index (Phi) is 3.83. The van der Waals surface area contributed by atoms with E-state index in [1.807, 2.05) is 26.0 Å². The molecule has 0 atom stereocenters. The Bertz CT molecular complexity index is 779. The van der Waals surface area contributed by atoms with Crippen molar-refractivity contribution in [1.29, 1.82) is 0 Å². The summed E-state index contributed by atoms with van der Waals surface area (Å²) >= 11 is 0. The van der Waals surface area contributed by atoms with Crippen molar-refractivity contribution < 1.29 is 19.1 Å². The molecule has 2 aliphatic heterocycles. The van der Waals surface area contributed by atoms with Gasteiger partial charge in [0.15, 0.2) is 5.78 Å². The van der Waals surface area contributed by atoms with Crippen LogP contribution in [-0.2, 0) is 19.1 Å². The number of dihydropyridines is 1. The van der Waals surface area contributed by atoms with Gasteiger partial charge in [0.2, 0.25) is 5.88 Å². The van der Waals surface area contributed by atoms with Crippen LogP contribution >= 0.6 is 0 Å². The zero-order chi connectivity index (χ0) is 17.5. The number of carbonyl (C=O) groups excluding carboxylic acids is 2. The molecular weight excluding hydrogens is 308 g/mol. The molecule has 0 fully saturated rings. The third-order valence-corrected chi connectivity index (χ3v) is 4.18. The summed E-state index contributed by atoms with van der Waals surface area (Å²) in [4.78, 5) is 25.1. The van der Waals surface area contributed by atoms with Crippen molar-refractivity contribution in [2.75, 3.05) is 7.11 Å². The minimum Gasteiger partial charge on any atom is -0.465 e. The molecule has 0 bridgehead atoms. The molecule has 0 saturated carbocycles. The Labute approximate surface area is 140 Å². The minimum absolute atomic E-state index is 0.0432. The maximum absolute atomic E-state index is 12.8. The maximum Gasteiger partial charge on any atom is 0.344 e. The number of allylic oxidation sites excluding steroid dienone is 5. The van der Waals surface area contributed by atoms with Crippen molar-refractivity contribution in [3.05, 3.63) is 58.5 Å². The van der Waals surface area contributed by atoms with Crippen LogP contribution in [0, 0.1) is 5.41 Å². The van der Waals surface area contributed by atoms with Crippen molar-refractivity contribution in [3.8, 4) is 0 Å². The second-order valence-corrected chi connectivity index (χ2v) is 6.72. The maximum atomic E-state index is 12.8. The summed E-state index contributed by atoms with van der Waals surface area (Å²) in [6.45, 7) is 4.00. The number of hydrogen-bond acceptors (Lipinski definition) is 6. The predicted octanol–water partition coefficient (Wildman–Crippen LogP) is 1.93. The summed E-state index contributed by atoms with van der Waals surface area (Å²) in [6.07, 6.45) is 8.08. The van der Waals surface area contributed by atoms with E-state index in [4.69, 9.17) is 15.2 Å². The highest BCUT2D eigenvalue weighted by Gasteiger charge is 2.42. The van der Waals surface area contributed by atoms with Crippen LogP contribution in [0.15, 0.2) is 58.5 Å². The van der Waals surface area contributed by atoms with Gasteiger partial charge >= 0.3 is 5.97 Å². The lowest BCUT2D eigenvalue weighted by atomic mass is 9.73. The Morgan fingerprint density at radius 3 is 2.67 bits per heavy atom. The molecule has 0 saturated heterocycles. The van der Waals surface area contributed by atoms with E-state index in [9.17, 15) is 9.59 Å². The standard InChI is InChI=1S/C18H20N2O4/c1-18(2)8-11(21)14-12(9-18)24-16(19)15(17(22)23-3)13(14)10-6-4-5-7-20-10/h4-7,20H,8-9,19H2,1-3H3. The van der Waals surface area contributed by atoms with Crippen molar-refractivity contribution in [2.24, 2.45) is 11.1 Å². The van der Waals surface area contributed by atoms with Crippen LogP contribution in [0.4, 0.5) is 0 Å². The molecule has 0 aromatic carbocycles. The molecule has 2 heterocycles. The van der Waals surface area contributed by atoms with Gasteiger partial charge in [0.05, 0.1) is 12.7 Å². The lowest BCUT2D eigenvalue weighted by Gasteiger charge is -2.35. The number of esters is 1. The smallest absolute Gasteiger partial charge is 0.344 e. The molecule has 3 aliphatic rings. The number of carbonyl (C=O) groups is 2. The fourth-order valence-electron chi connectivity index (χ4n) is 3.18. The summed E-state index contributed by atoms with van der Waals surface area (Å²) in [6, 6.07) is 0. The molecule has 0 aromatic rings. The van der Waals surface area contributed by atoms with Gasteiger partial charge in [0.1, 0.15) is 11.3 Å². The van der Waals surface area contributed by atoms with Crippen LogP contribution in [0.2, 0.25) is 0 Å². The quantitative estimate of drug-likeness (QED) is 0.715. The lowest BCUT2D eigenvalue weighted by molar-refractivity contribution is -0.136. The second-order valence-electron chi connectivity index (χ2n) is 6.72. The van der Waals surface area contributed by atoms with E-state index in [1.165, 1.54) is 7.11 Å². The van der Waals surface area contributed by atoms with E-state index in [1.54, 1.807) is 12.3 Å². The summed E-state index contributed by atoms with van der Waals surface area (Å²) in [5.41, 5.74) is 7.33. The molecule has 6 heteroatoms. The van der Waals surface area contributed by atoms with Gasteiger partial charge < -0.3 is 20.5 Å². The fraction of sp³-hybridized carbons (Fsp3) is 0.333. The monoisotopic (exact) mass is 328 g/mol. The topological polar surface area (TPSA) is 90.7 Å². The van der Waals surface area contributed by atoms with Gasteiger partial charge in [-0.2, -0.15) is 0 Å². The summed E-state index contributed by atoms with van der Waals surface area (Å²) < 4.78 is 10.5. The number of nitrogens with one attached hydrogen (secondary N) is 1. The third-order valence-electron chi connectivity index (χ3n) is 4.18. The van der Waals surface area contributed by atoms with Crippen LogP contribution in [0.3, 0.4) is 0 Å². The van der Waals surface area contributed by atoms with Gasteiger partial charge in [-0.3, -0.25) is 4.79 Å². The van der Waals surface area contributed by atoms with Crippen molar-refractivity contribution in [2.45, 2.75) is 26.7 Å². The number of nitrogens with two attached hydrogens (primary N) is 1. The Balaban J connectivity index is 2.23. The average molecular weight is 328 g/mol. The van der Waals surface area contributed by atoms with Crippen LogP contribution in [-0.4, -0.2) is 18.9 Å². The van der Waals surface area contributed by atoms with Crippen molar-refractivity contribution in [1.82, 2.24) is 5.32 Å². The Morgan fingerprint density at radius 2 is 2.04 bits per heavy atom. The Morgan fingerprint density at radius 1 is 1.29 bits per heavy atom. The van der Waals surface area contributed by atoms with Gasteiger partial charge in [0.25, 0.3) is 0 Å². The molecule has 6 nitrogen and oxygen atoms in total. The normalized spacial score (nSPS) is 25.2. The number of methoxy groups -OCH3 is 1. The number of ether oxygens (including phenoxy) is 2. The SMILES string of the molecule is COC(=O)C1=C(N)OC2=C(C(=O)CC(C)(C)C2)C1=C1C=CC=CN1. The predicted molar refractivity (Wildman–Crippen MR) is 87.8 cm³/mol. The summed E-state index contributed by atoms with van der Waals surface area (Å²) in [5, 5.41) is 3.07. The molecule has 24 heavy (non-hydrogen) atoms. The molecule has 0 amide bonds. The first-order valence-electron chi connectivity index (χ1n) is 7.71. The molecular formula is C18H20N2O4. The lowest BCUT2D eigenvalue weighted by Crippen LogP contribution is -2.34. The van der Waals surface area contributed by atoms with Gasteiger partial charge in [-0.15, -0.1) is 0 Å². The van der Waals surface area contributed by atoms with Gasteiger partial charge in [0, 0.05) is 30.3 Å². The Hall–Kier alpha value is -2.76. The molecule has 3 rings (SSSR count). The number of Topliss-reactive ketones (excluding diaryl/α,β-unsaturated/α-hetero) is 1. The van der Waals surface area contributed by atoms with Crippen LogP contribution in [0.1, 0.15) is 26.7 Å². The third kappa shape index (κ3) is 2.64. The van der Waals surface area contributed by atoms with E-state index < -0.39 is 5.97 Å². The number of rotatable bonds is 1. The number of ketones is 1. The average Bonchev–Trinajstić information content (AvgIpc) is 2.52. The largest absolute Gasteiger partial charge is 0.465 e. The summed E-state index contributed by atoms with van der Waals surface area (Å²) in [7, 11) is 1.27. The van der Waals surface area contributed by atoms with Crippen LogP contribution in [0.5, 0.6) is 0 Å². The van der Waals surface area contributed by atoms with Crippen molar-refractivity contribution >= 4 is 11.8 Å². The first-order chi connectivity index (χ1) is 11.3. The highest BCUT2D eigenvalue weighted by Crippen LogP contribution is 2.45. The number of hydrogen-bond donors (Lipinski definition) is 2. The van der Waals surface area contributed by atoms with Gasteiger partial charge in [-0.25, -0.2) is 4.79 Å². The highest BCUT2D eigenvalue weighted by molar-refractivity contribution is 6.08. The van der Waals surface area contributed by atoms with E-state index >= 15 is 0 Å². The second kappa shape index (κ2) is 5.70. The highest BCUT2D eigenvalue weighted by atomic mass is 16.5. The van der Waals surface area contributed by atoms with E-state index in [0.29, 0.717) is 35.4 Å². The van der Waals surface area contributed by atoms with E-state index in [-0.39, 0.29) is 22.7 Å². The summed E-state index contributed by atoms with van der Waals surface area (Å²) in [5.74, 6) is -0.238. The van der Waals surface area contributed by atoms with Crippen molar-refractivity contribution in [3.63, 3.8) is 0 Å². The van der Waals surface area contributed by atoms with Crippen LogP contribution in [0.25, 0.3) is 0 Å². The van der Waals surface area contributed by atoms with E-state index in [2.05, 4.69) is 5.32 Å². The van der Waals surface area contributed by atoms with Gasteiger partial charge in [-0.05, 0) is 17.6 Å². The molecule has 3 N–H and O–H groups in total. The minimum atomic E-state index is -0.635. The molecule has 1 aliphatic carbocycles. The first-order valence-corrected chi connectivity index (χ1v) is 7.71. The first kappa shape index (κ1) is 16.1. The molecule has 0 unspecified atom stereocenters. The molecule has 0 spiro atoms. The molecule has 0 aromatic heterocycles. The zero-order valence-corrected chi connectivity index (χ0v) is 13.9. The van der Waals surface area contributed by atoms with E-state index in [0.717, 1.165) is 0 Å². The molecule has 126 valence electrons. The van der Waals surface area contributed by atoms with Gasteiger partial charge in [-0.1, -0.05) is 19.9 Å². The molecule has 0 radical (unpaired) electrons.